The number of nitrogens with one attached hydrogen (secondary N) is 3. The molecule has 1 aromatic carbocycles. The van der Waals surface area contributed by atoms with Crippen LogP contribution in [0.3, 0.4) is 0 Å². The van der Waals surface area contributed by atoms with Gasteiger partial charge in [0.15, 0.2) is 6.61 Å². The number of urea groups is 1. The first-order valence-corrected chi connectivity index (χ1v) is 6.45. The van der Waals surface area contributed by atoms with Gasteiger partial charge in [0.25, 0.3) is 5.91 Å². The molecule has 1 heterocycles. The number of carbonyl (C=O) groups is 2. The second-order valence-electron chi connectivity index (χ2n) is 4.31. The first-order chi connectivity index (χ1) is 10.0. The molecule has 0 radical (unpaired) electrons. The first kappa shape index (κ1) is 15.1. The third-order valence-electron chi connectivity index (χ3n) is 2.78. The van der Waals surface area contributed by atoms with Gasteiger partial charge in [-0.1, -0.05) is 11.6 Å². The SMILES string of the molecule is CC1NC(=O)NN=C1c1ccc(OCC(=O)NN)c(Cl)c1. The van der Waals surface area contributed by atoms with Gasteiger partial charge in [-0.15, -0.1) is 0 Å². The number of benzene rings is 1. The average Bonchev–Trinajstić information content (AvgIpc) is 2.45. The van der Waals surface area contributed by atoms with Crippen molar-refractivity contribution in [2.45, 2.75) is 13.0 Å². The highest BCUT2D eigenvalue weighted by Crippen LogP contribution is 2.26. The van der Waals surface area contributed by atoms with Crippen LogP contribution in [0.4, 0.5) is 4.79 Å². The molecule has 9 heteroatoms. The molecule has 2 rings (SSSR count). The lowest BCUT2D eigenvalue weighted by atomic mass is 10.0. The Hall–Kier alpha value is -2.32. The maximum atomic E-state index is 11.1. The summed E-state index contributed by atoms with van der Waals surface area (Å²) in [5.41, 5.74) is 5.67. The van der Waals surface area contributed by atoms with E-state index >= 15 is 0 Å². The molecule has 21 heavy (non-hydrogen) atoms. The molecule has 1 unspecified atom stereocenters. The lowest BCUT2D eigenvalue weighted by molar-refractivity contribution is -0.123. The predicted octanol–water partition coefficient (Wildman–Crippen LogP) is 0.114. The molecule has 0 aliphatic carbocycles. The Morgan fingerprint density at radius 2 is 2.33 bits per heavy atom. The van der Waals surface area contributed by atoms with E-state index in [1.165, 1.54) is 0 Å². The van der Waals surface area contributed by atoms with Crippen molar-refractivity contribution >= 4 is 29.3 Å². The van der Waals surface area contributed by atoms with Gasteiger partial charge < -0.3 is 10.1 Å². The highest BCUT2D eigenvalue weighted by atomic mass is 35.5. The molecule has 5 N–H and O–H groups in total. The fourth-order valence-corrected chi connectivity index (χ4v) is 2.02. The van der Waals surface area contributed by atoms with E-state index in [0.29, 0.717) is 16.5 Å². The van der Waals surface area contributed by atoms with Crippen LogP contribution < -0.4 is 26.7 Å². The summed E-state index contributed by atoms with van der Waals surface area (Å²) in [7, 11) is 0. The minimum atomic E-state index is -0.465. The van der Waals surface area contributed by atoms with E-state index in [1.54, 1.807) is 18.2 Å². The first-order valence-electron chi connectivity index (χ1n) is 6.07. The lowest BCUT2D eigenvalue weighted by Crippen LogP contribution is -2.48. The maximum absolute atomic E-state index is 11.1. The molecule has 0 spiro atoms. The second kappa shape index (κ2) is 6.42. The number of hydrazine groups is 1. The molecule has 0 fully saturated rings. The Morgan fingerprint density at radius 1 is 1.57 bits per heavy atom. The number of hydrogen-bond acceptors (Lipinski definition) is 5. The minimum absolute atomic E-state index is 0.232. The van der Waals surface area contributed by atoms with Gasteiger partial charge in [0, 0.05) is 5.56 Å². The molecule has 112 valence electrons. The van der Waals surface area contributed by atoms with Crippen LogP contribution in [0.2, 0.25) is 5.02 Å². The van der Waals surface area contributed by atoms with Crippen LogP contribution in [0, 0.1) is 0 Å². The van der Waals surface area contributed by atoms with Crippen molar-refractivity contribution in [2.24, 2.45) is 10.9 Å². The standard InChI is InChI=1S/C12H14ClN5O3/c1-6-11(17-18-12(20)15-6)7-2-3-9(8(13)4-7)21-5-10(19)16-14/h2-4,6H,5,14H2,1H3,(H,16,19)(H2,15,18,20). The lowest BCUT2D eigenvalue weighted by Gasteiger charge is -2.21. The summed E-state index contributed by atoms with van der Waals surface area (Å²) in [6.45, 7) is 1.58. The molecule has 0 saturated carbocycles. The summed E-state index contributed by atoms with van der Waals surface area (Å²) in [5.74, 6) is 4.84. The number of halogens is 1. The molecule has 1 aliphatic rings. The maximum Gasteiger partial charge on any atom is 0.335 e. The molecule has 3 amide bonds. The normalized spacial score (nSPS) is 17.4. The number of nitrogens with two attached hydrogens (primary N) is 1. The van der Waals surface area contributed by atoms with Crippen LogP contribution in [0.5, 0.6) is 5.75 Å². The molecule has 1 atom stereocenters. The highest BCUT2D eigenvalue weighted by Gasteiger charge is 2.21. The van der Waals surface area contributed by atoms with Gasteiger partial charge in [-0.2, -0.15) is 5.10 Å². The zero-order chi connectivity index (χ0) is 15.4. The summed E-state index contributed by atoms with van der Waals surface area (Å²) < 4.78 is 5.23. The Bertz CT molecular complexity index is 605. The number of rotatable bonds is 4. The van der Waals surface area contributed by atoms with Gasteiger partial charge >= 0.3 is 6.03 Å². The smallest absolute Gasteiger partial charge is 0.335 e. The highest BCUT2D eigenvalue weighted by molar-refractivity contribution is 6.32. The monoisotopic (exact) mass is 311 g/mol. The van der Waals surface area contributed by atoms with E-state index in [9.17, 15) is 9.59 Å². The third-order valence-corrected chi connectivity index (χ3v) is 3.08. The van der Waals surface area contributed by atoms with Gasteiger partial charge in [0.05, 0.1) is 16.8 Å². The van der Waals surface area contributed by atoms with Crippen molar-refractivity contribution in [1.29, 1.82) is 0 Å². The Labute approximate surface area is 125 Å². The fraction of sp³-hybridized carbons (Fsp3) is 0.250. The van der Waals surface area contributed by atoms with Gasteiger partial charge in [0.2, 0.25) is 0 Å². The van der Waals surface area contributed by atoms with Crippen molar-refractivity contribution in [1.82, 2.24) is 16.2 Å². The summed E-state index contributed by atoms with van der Waals surface area (Å²) in [4.78, 5) is 22.1. The zero-order valence-electron chi connectivity index (χ0n) is 11.1. The molecular formula is C12H14ClN5O3. The van der Waals surface area contributed by atoms with E-state index in [2.05, 4.69) is 15.8 Å². The molecule has 1 aromatic rings. The van der Waals surface area contributed by atoms with Crippen LogP contribution in [0.1, 0.15) is 12.5 Å². The Balaban J connectivity index is 2.15. The van der Waals surface area contributed by atoms with Crippen LogP contribution in [-0.2, 0) is 4.79 Å². The molecular weight excluding hydrogens is 298 g/mol. The zero-order valence-corrected chi connectivity index (χ0v) is 11.9. The molecule has 0 bridgehead atoms. The predicted molar refractivity (Wildman–Crippen MR) is 76.9 cm³/mol. The van der Waals surface area contributed by atoms with E-state index < -0.39 is 5.91 Å². The van der Waals surface area contributed by atoms with Crippen molar-refractivity contribution in [3.63, 3.8) is 0 Å². The number of amides is 3. The van der Waals surface area contributed by atoms with Crippen LogP contribution in [-0.4, -0.2) is 30.3 Å². The van der Waals surface area contributed by atoms with E-state index in [4.69, 9.17) is 22.2 Å². The molecule has 0 saturated heterocycles. The molecule has 8 nitrogen and oxygen atoms in total. The van der Waals surface area contributed by atoms with Crippen molar-refractivity contribution in [2.75, 3.05) is 6.61 Å². The largest absolute Gasteiger partial charge is 0.482 e. The third kappa shape index (κ3) is 3.61. The van der Waals surface area contributed by atoms with E-state index in [0.717, 1.165) is 5.56 Å². The van der Waals surface area contributed by atoms with E-state index in [-0.39, 0.29) is 18.7 Å². The van der Waals surface area contributed by atoms with Gasteiger partial charge in [-0.3, -0.25) is 10.2 Å². The Kier molecular flexibility index (Phi) is 4.61. The summed E-state index contributed by atoms with van der Waals surface area (Å²) in [5, 5.41) is 7.01. The van der Waals surface area contributed by atoms with Crippen LogP contribution >= 0.6 is 11.6 Å². The number of ether oxygens (including phenoxy) is 1. The van der Waals surface area contributed by atoms with Crippen molar-refractivity contribution < 1.29 is 14.3 Å². The van der Waals surface area contributed by atoms with Crippen LogP contribution in [0.15, 0.2) is 23.3 Å². The number of carbonyl (C=O) groups excluding carboxylic acids is 2. The minimum Gasteiger partial charge on any atom is -0.482 e. The Morgan fingerprint density at radius 3 is 2.95 bits per heavy atom. The van der Waals surface area contributed by atoms with Gasteiger partial charge in [-0.25, -0.2) is 16.1 Å². The van der Waals surface area contributed by atoms with Crippen molar-refractivity contribution in [3.8, 4) is 5.75 Å². The number of nitrogens with zero attached hydrogens (tertiary/aromatic N) is 1. The second-order valence-corrected chi connectivity index (χ2v) is 4.71. The van der Waals surface area contributed by atoms with E-state index in [1.807, 2.05) is 12.3 Å². The molecule has 1 aliphatic heterocycles. The number of hydrazone groups is 1. The van der Waals surface area contributed by atoms with Gasteiger partial charge in [0.1, 0.15) is 5.75 Å². The fourth-order valence-electron chi connectivity index (χ4n) is 1.78. The summed E-state index contributed by atoms with van der Waals surface area (Å²) in [6, 6.07) is 4.39. The van der Waals surface area contributed by atoms with Gasteiger partial charge in [-0.05, 0) is 25.1 Å². The van der Waals surface area contributed by atoms with Crippen molar-refractivity contribution in [3.05, 3.63) is 28.8 Å². The quantitative estimate of drug-likeness (QED) is 0.358. The molecule has 0 aromatic heterocycles. The summed E-state index contributed by atoms with van der Waals surface area (Å²) >= 11 is 6.10. The number of hydrogen-bond donors (Lipinski definition) is 4. The topological polar surface area (TPSA) is 118 Å². The average molecular weight is 312 g/mol. The summed E-state index contributed by atoms with van der Waals surface area (Å²) in [6.07, 6.45) is 0. The van der Waals surface area contributed by atoms with Crippen LogP contribution in [0.25, 0.3) is 0 Å².